The van der Waals surface area contributed by atoms with E-state index < -0.39 is 0 Å². The molecule has 0 amide bonds. The lowest BCUT2D eigenvalue weighted by Crippen LogP contribution is -2.23. The van der Waals surface area contributed by atoms with Gasteiger partial charge in [0.2, 0.25) is 0 Å². The fourth-order valence-corrected chi connectivity index (χ4v) is 1.24. The molecule has 4 N–H and O–H groups in total. The fourth-order valence-electron chi connectivity index (χ4n) is 1.24. The third-order valence-electron chi connectivity index (χ3n) is 2.07. The van der Waals surface area contributed by atoms with Gasteiger partial charge in [0.25, 0.3) is 0 Å². The van der Waals surface area contributed by atoms with E-state index in [9.17, 15) is 4.79 Å². The minimum atomic E-state index is -0.337. The normalized spacial score (nSPS) is 9.00. The van der Waals surface area contributed by atoms with Crippen molar-refractivity contribution >= 4 is 35.9 Å². The molecule has 0 atom stereocenters. The highest BCUT2D eigenvalue weighted by atomic mass is 127. The number of carbonyl (C=O) groups is 1. The number of carbonyl (C=O) groups excluding carboxylic acids is 1. The highest BCUT2D eigenvalue weighted by molar-refractivity contribution is 14.0. The molecule has 1 rings (SSSR count). The van der Waals surface area contributed by atoms with E-state index in [2.05, 4.69) is 9.73 Å². The number of ether oxygens (including phenoxy) is 1. The van der Waals surface area contributed by atoms with Crippen molar-refractivity contribution in [3.05, 3.63) is 35.4 Å². The quantitative estimate of drug-likeness (QED) is 0.366. The van der Waals surface area contributed by atoms with Gasteiger partial charge >= 0.3 is 5.97 Å². The van der Waals surface area contributed by atoms with Gasteiger partial charge in [-0.3, -0.25) is 4.99 Å². The second-order valence-corrected chi connectivity index (χ2v) is 3.25. The number of rotatable bonds is 4. The first kappa shape index (κ1) is 15.7. The lowest BCUT2D eigenvalue weighted by molar-refractivity contribution is 0.0600. The molecule has 1 aromatic rings. The number of guanidine groups is 1. The molecule has 1 aromatic carbocycles. The molecule has 0 saturated heterocycles. The minimum absolute atomic E-state index is 0. The Bertz CT molecular complexity index is 386. The van der Waals surface area contributed by atoms with E-state index in [-0.39, 0.29) is 35.9 Å². The summed E-state index contributed by atoms with van der Waals surface area (Å²) in [5.41, 5.74) is 12.0. The molecule has 0 heterocycles. The molecule has 5 nitrogen and oxygen atoms in total. The zero-order chi connectivity index (χ0) is 12.0. The third kappa shape index (κ3) is 5.53. The van der Waals surface area contributed by atoms with Crippen molar-refractivity contribution in [3.8, 4) is 0 Å². The van der Waals surface area contributed by atoms with Crippen molar-refractivity contribution in [2.24, 2.45) is 16.5 Å². The van der Waals surface area contributed by atoms with Gasteiger partial charge in [0, 0.05) is 6.54 Å². The van der Waals surface area contributed by atoms with Gasteiger partial charge in [-0.1, -0.05) is 12.1 Å². The highest BCUT2D eigenvalue weighted by Gasteiger charge is 2.03. The summed E-state index contributed by atoms with van der Waals surface area (Å²) in [5, 5.41) is 0. The van der Waals surface area contributed by atoms with Crippen LogP contribution in [0.4, 0.5) is 0 Å². The van der Waals surface area contributed by atoms with Crippen LogP contribution < -0.4 is 11.5 Å². The number of esters is 1. The van der Waals surface area contributed by atoms with Crippen molar-refractivity contribution in [1.29, 1.82) is 0 Å². The summed E-state index contributed by atoms with van der Waals surface area (Å²) < 4.78 is 4.59. The summed E-state index contributed by atoms with van der Waals surface area (Å²) in [4.78, 5) is 15.0. The predicted octanol–water partition coefficient (Wildman–Crippen LogP) is 0.907. The zero-order valence-electron chi connectivity index (χ0n) is 9.55. The summed E-state index contributed by atoms with van der Waals surface area (Å²) in [6, 6.07) is 7.15. The summed E-state index contributed by atoms with van der Waals surface area (Å²) in [7, 11) is 1.36. The molecule has 0 aliphatic heterocycles. The van der Waals surface area contributed by atoms with Gasteiger partial charge in [0.15, 0.2) is 5.96 Å². The average Bonchev–Trinajstić information content (AvgIpc) is 2.28. The van der Waals surface area contributed by atoms with Crippen LogP contribution in [-0.4, -0.2) is 25.6 Å². The zero-order valence-corrected chi connectivity index (χ0v) is 11.9. The van der Waals surface area contributed by atoms with Crippen LogP contribution in [0.2, 0.25) is 0 Å². The van der Waals surface area contributed by atoms with E-state index in [0.717, 1.165) is 12.0 Å². The largest absolute Gasteiger partial charge is 0.465 e. The standard InChI is InChI=1S/C11H15N3O2.HI/c1-16-10(15)9-4-2-8(3-5-9)6-7-14-11(12)13;/h2-5H,6-7H2,1H3,(H4,12,13,14);1H. The minimum Gasteiger partial charge on any atom is -0.465 e. The Morgan fingerprint density at radius 2 is 1.88 bits per heavy atom. The van der Waals surface area contributed by atoms with Crippen molar-refractivity contribution < 1.29 is 9.53 Å². The van der Waals surface area contributed by atoms with Crippen molar-refractivity contribution in [1.82, 2.24) is 0 Å². The number of hydrogen-bond donors (Lipinski definition) is 2. The van der Waals surface area contributed by atoms with Crippen LogP contribution in [0, 0.1) is 0 Å². The Morgan fingerprint density at radius 3 is 2.35 bits per heavy atom. The van der Waals surface area contributed by atoms with Crippen LogP contribution in [-0.2, 0) is 11.2 Å². The van der Waals surface area contributed by atoms with Gasteiger partial charge in [-0.2, -0.15) is 0 Å². The molecular formula is C11H16IN3O2. The molecule has 0 spiro atoms. The number of methoxy groups -OCH3 is 1. The molecule has 0 saturated carbocycles. The topological polar surface area (TPSA) is 90.7 Å². The summed E-state index contributed by atoms with van der Waals surface area (Å²) in [6.45, 7) is 0.542. The van der Waals surface area contributed by atoms with Gasteiger partial charge in [0.1, 0.15) is 0 Å². The fraction of sp³-hybridized carbons (Fsp3) is 0.273. The first-order chi connectivity index (χ1) is 7.63. The van der Waals surface area contributed by atoms with Gasteiger partial charge < -0.3 is 16.2 Å². The Balaban J connectivity index is 0.00000256. The van der Waals surface area contributed by atoms with E-state index >= 15 is 0 Å². The van der Waals surface area contributed by atoms with Gasteiger partial charge in [-0.15, -0.1) is 24.0 Å². The van der Waals surface area contributed by atoms with Crippen LogP contribution in [0.5, 0.6) is 0 Å². The number of aliphatic imine (C=N–C) groups is 1. The molecular weight excluding hydrogens is 333 g/mol. The van der Waals surface area contributed by atoms with E-state index in [1.54, 1.807) is 12.1 Å². The lowest BCUT2D eigenvalue weighted by Gasteiger charge is -2.01. The average molecular weight is 349 g/mol. The smallest absolute Gasteiger partial charge is 0.337 e. The van der Waals surface area contributed by atoms with Gasteiger partial charge in [0.05, 0.1) is 12.7 Å². The summed E-state index contributed by atoms with van der Waals surface area (Å²) >= 11 is 0. The predicted molar refractivity (Wildman–Crippen MR) is 77.6 cm³/mol. The Hall–Kier alpha value is -1.31. The number of hydrogen-bond acceptors (Lipinski definition) is 3. The molecule has 94 valence electrons. The first-order valence-electron chi connectivity index (χ1n) is 4.86. The molecule has 0 fully saturated rings. The molecule has 0 aliphatic rings. The Kier molecular flexibility index (Phi) is 7.27. The van der Waals surface area contributed by atoms with Crippen LogP contribution in [0.3, 0.4) is 0 Å². The van der Waals surface area contributed by atoms with E-state index in [0.29, 0.717) is 12.1 Å². The van der Waals surface area contributed by atoms with Crippen LogP contribution in [0.25, 0.3) is 0 Å². The van der Waals surface area contributed by atoms with Crippen LogP contribution in [0.1, 0.15) is 15.9 Å². The number of benzene rings is 1. The monoisotopic (exact) mass is 349 g/mol. The van der Waals surface area contributed by atoms with Crippen LogP contribution >= 0.6 is 24.0 Å². The lowest BCUT2D eigenvalue weighted by atomic mass is 10.1. The number of halogens is 1. The van der Waals surface area contributed by atoms with Crippen LogP contribution in [0.15, 0.2) is 29.3 Å². The summed E-state index contributed by atoms with van der Waals surface area (Å²) in [5.74, 6) is -0.248. The Labute approximate surface area is 117 Å². The molecule has 0 radical (unpaired) electrons. The number of nitrogens with zero attached hydrogens (tertiary/aromatic N) is 1. The van der Waals surface area contributed by atoms with Crippen molar-refractivity contribution in [2.45, 2.75) is 6.42 Å². The maximum atomic E-state index is 11.2. The second-order valence-electron chi connectivity index (χ2n) is 3.25. The van der Waals surface area contributed by atoms with E-state index in [4.69, 9.17) is 11.5 Å². The van der Waals surface area contributed by atoms with Crippen molar-refractivity contribution in [3.63, 3.8) is 0 Å². The number of nitrogens with two attached hydrogens (primary N) is 2. The third-order valence-corrected chi connectivity index (χ3v) is 2.07. The summed E-state index contributed by atoms with van der Waals surface area (Å²) in [6.07, 6.45) is 0.735. The highest BCUT2D eigenvalue weighted by Crippen LogP contribution is 2.06. The molecule has 17 heavy (non-hydrogen) atoms. The molecule has 0 unspecified atom stereocenters. The van der Waals surface area contributed by atoms with Crippen molar-refractivity contribution in [2.75, 3.05) is 13.7 Å². The molecule has 0 aliphatic carbocycles. The van der Waals surface area contributed by atoms with E-state index in [1.165, 1.54) is 7.11 Å². The maximum Gasteiger partial charge on any atom is 0.337 e. The van der Waals surface area contributed by atoms with Gasteiger partial charge in [-0.05, 0) is 24.1 Å². The second kappa shape index (κ2) is 7.88. The van der Waals surface area contributed by atoms with E-state index in [1.807, 2.05) is 12.1 Å². The molecule has 6 heteroatoms. The molecule has 0 aromatic heterocycles. The van der Waals surface area contributed by atoms with Gasteiger partial charge in [-0.25, -0.2) is 4.79 Å². The Morgan fingerprint density at radius 1 is 1.29 bits per heavy atom. The SMILES string of the molecule is COC(=O)c1ccc(CCN=C(N)N)cc1.I. The molecule has 0 bridgehead atoms. The maximum absolute atomic E-state index is 11.2. The first-order valence-corrected chi connectivity index (χ1v) is 4.86.